The van der Waals surface area contributed by atoms with Gasteiger partial charge in [0.1, 0.15) is 6.04 Å². The first kappa shape index (κ1) is 21.5. The maximum atomic E-state index is 10.8. The van der Waals surface area contributed by atoms with Crippen LogP contribution in [0.25, 0.3) is 0 Å². The lowest BCUT2D eigenvalue weighted by atomic mass is 10.2. The van der Waals surface area contributed by atoms with E-state index in [9.17, 15) is 13.2 Å². The average molecular weight is 347 g/mol. The summed E-state index contributed by atoms with van der Waals surface area (Å²) in [4.78, 5) is 10.7. The summed E-state index contributed by atoms with van der Waals surface area (Å²) in [7, 11) is -2.71. The number of methoxy groups -OCH3 is 1. The Kier molecular flexibility index (Phi) is 8.39. The van der Waals surface area contributed by atoms with Crippen molar-refractivity contribution in [1.29, 1.82) is 0 Å². The van der Waals surface area contributed by atoms with Crippen LogP contribution in [-0.2, 0) is 24.4 Å². The van der Waals surface area contributed by atoms with Gasteiger partial charge >= 0.3 is 5.97 Å². The minimum atomic E-state index is -4.02. The van der Waals surface area contributed by atoms with Crippen LogP contribution in [0.4, 0.5) is 0 Å². The van der Waals surface area contributed by atoms with Gasteiger partial charge in [0, 0.05) is 0 Å². The van der Waals surface area contributed by atoms with Crippen molar-refractivity contribution in [3.8, 4) is 0 Å². The number of carbonyl (C=O) groups excluding carboxylic acids is 1. The zero-order valence-corrected chi connectivity index (χ0v) is 14.9. The molecule has 0 aliphatic rings. The zero-order chi connectivity index (χ0) is 18.3. The first-order valence-corrected chi connectivity index (χ1v) is 8.32. The van der Waals surface area contributed by atoms with Crippen molar-refractivity contribution in [3.63, 3.8) is 0 Å². The highest BCUT2D eigenvalue weighted by Gasteiger charge is 2.18. The first-order chi connectivity index (χ1) is 10.4. The van der Waals surface area contributed by atoms with Crippen molar-refractivity contribution < 1.29 is 27.2 Å². The molecule has 1 rings (SSSR count). The molecule has 1 unspecified atom stereocenters. The van der Waals surface area contributed by atoms with Gasteiger partial charge in [-0.3, -0.25) is 9.35 Å². The molecule has 0 fully saturated rings. The van der Waals surface area contributed by atoms with Crippen LogP contribution < -0.4 is 5.73 Å². The molecule has 8 heteroatoms. The van der Waals surface area contributed by atoms with Gasteiger partial charge in [0.15, 0.2) is 0 Å². The smallest absolute Gasteiger partial charge is 0.325 e. The van der Waals surface area contributed by atoms with Gasteiger partial charge in [0.05, 0.1) is 24.2 Å². The number of nitrogens with two attached hydrogens (primary N) is 1. The predicted octanol–water partition coefficient (Wildman–Crippen LogP) is 1.54. The molecule has 0 saturated carbocycles. The highest BCUT2D eigenvalue weighted by atomic mass is 32.2. The van der Waals surface area contributed by atoms with Gasteiger partial charge in [0.25, 0.3) is 10.1 Å². The average Bonchev–Trinajstić information content (AvgIpc) is 2.43. The van der Waals surface area contributed by atoms with Gasteiger partial charge in [-0.05, 0) is 39.8 Å². The Labute approximate surface area is 137 Å². The highest BCUT2D eigenvalue weighted by Crippen LogP contribution is 2.08. The van der Waals surface area contributed by atoms with Crippen LogP contribution in [0.5, 0.6) is 0 Å². The van der Waals surface area contributed by atoms with Gasteiger partial charge in [-0.25, -0.2) is 0 Å². The summed E-state index contributed by atoms with van der Waals surface area (Å²) < 4.78 is 39.3. The fourth-order valence-corrected chi connectivity index (χ4v) is 1.75. The summed E-state index contributed by atoms with van der Waals surface area (Å²) in [6.07, 6.45) is 0. The second-order valence-electron chi connectivity index (χ2n) is 5.84. The van der Waals surface area contributed by atoms with E-state index in [0.717, 1.165) is 5.56 Å². The zero-order valence-electron chi connectivity index (χ0n) is 14.1. The lowest BCUT2D eigenvalue weighted by Crippen LogP contribution is -2.38. The number of hydrogen-bond donors (Lipinski definition) is 2. The molecule has 0 radical (unpaired) electrons. The summed E-state index contributed by atoms with van der Waals surface area (Å²) >= 11 is 0. The quantitative estimate of drug-likeness (QED) is 0.627. The Balaban J connectivity index is 0.000000422. The van der Waals surface area contributed by atoms with Crippen LogP contribution in [0.15, 0.2) is 29.2 Å². The molecule has 1 aromatic rings. The minimum absolute atomic E-state index is 0.0666. The lowest BCUT2D eigenvalue weighted by Gasteiger charge is -2.21. The molecule has 0 aliphatic heterocycles. The number of esters is 1. The fraction of sp³-hybridized carbons (Fsp3) is 0.533. The Bertz CT molecular complexity index is 589. The monoisotopic (exact) mass is 347 g/mol. The molecule has 0 spiro atoms. The van der Waals surface area contributed by atoms with E-state index in [4.69, 9.17) is 15.0 Å². The second kappa shape index (κ2) is 8.97. The molecule has 3 N–H and O–H groups in total. The molecule has 0 heterocycles. The largest absolute Gasteiger partial charge is 0.468 e. The third kappa shape index (κ3) is 10.0. The third-order valence-electron chi connectivity index (χ3n) is 2.52. The molecule has 0 aliphatic carbocycles. The van der Waals surface area contributed by atoms with Crippen LogP contribution in [0.2, 0.25) is 0 Å². The Hall–Kier alpha value is -1.48. The highest BCUT2D eigenvalue weighted by molar-refractivity contribution is 7.85. The number of carbonyl (C=O) groups is 1. The molecular weight excluding hydrogens is 322 g/mol. The van der Waals surface area contributed by atoms with Crippen LogP contribution in [-0.4, -0.2) is 44.3 Å². The van der Waals surface area contributed by atoms with Crippen molar-refractivity contribution >= 4 is 16.1 Å². The summed E-state index contributed by atoms with van der Waals surface area (Å²) in [5, 5.41) is 0. The SMILES string of the molecule is COC(=O)C(N)COC(C)(C)C.Cc1ccc(S(=O)(=O)O)cc1. The summed E-state index contributed by atoms with van der Waals surface area (Å²) in [6, 6.07) is 5.30. The van der Waals surface area contributed by atoms with Gasteiger partial charge < -0.3 is 15.2 Å². The van der Waals surface area contributed by atoms with E-state index in [1.54, 1.807) is 12.1 Å². The normalized spacial score (nSPS) is 12.8. The van der Waals surface area contributed by atoms with Crippen molar-refractivity contribution in [3.05, 3.63) is 29.8 Å². The van der Waals surface area contributed by atoms with E-state index in [1.807, 2.05) is 27.7 Å². The Morgan fingerprint density at radius 3 is 2.09 bits per heavy atom. The molecular formula is C15H25NO6S. The van der Waals surface area contributed by atoms with E-state index >= 15 is 0 Å². The number of benzene rings is 1. The maximum Gasteiger partial charge on any atom is 0.325 e. The molecule has 0 amide bonds. The molecule has 1 aromatic carbocycles. The van der Waals surface area contributed by atoms with Crippen LogP contribution in [0.3, 0.4) is 0 Å². The fourth-order valence-electron chi connectivity index (χ4n) is 1.27. The van der Waals surface area contributed by atoms with E-state index in [-0.39, 0.29) is 17.1 Å². The van der Waals surface area contributed by atoms with E-state index < -0.39 is 22.1 Å². The molecule has 0 saturated heterocycles. The molecule has 7 nitrogen and oxygen atoms in total. The van der Waals surface area contributed by atoms with Crippen LogP contribution >= 0.6 is 0 Å². The predicted molar refractivity (Wildman–Crippen MR) is 86.7 cm³/mol. The molecule has 23 heavy (non-hydrogen) atoms. The van der Waals surface area contributed by atoms with Gasteiger partial charge in [-0.2, -0.15) is 8.42 Å². The Morgan fingerprint density at radius 1 is 1.26 bits per heavy atom. The van der Waals surface area contributed by atoms with E-state index in [0.29, 0.717) is 0 Å². The van der Waals surface area contributed by atoms with E-state index in [1.165, 1.54) is 19.2 Å². The standard InChI is InChI=1S/C8H17NO3.C7H8O3S/c1-8(2,3)12-5-6(9)7(10)11-4;1-6-2-4-7(5-3-6)11(8,9)10/h6H,5,9H2,1-4H3;2-5H,1H3,(H,8,9,10). The second-order valence-corrected chi connectivity index (χ2v) is 7.26. The van der Waals surface area contributed by atoms with Gasteiger partial charge in [-0.1, -0.05) is 17.7 Å². The minimum Gasteiger partial charge on any atom is -0.468 e. The number of ether oxygens (including phenoxy) is 2. The van der Waals surface area contributed by atoms with Crippen molar-refractivity contribution in [2.45, 2.75) is 44.2 Å². The summed E-state index contributed by atoms with van der Waals surface area (Å²) in [5.74, 6) is -0.445. The third-order valence-corrected chi connectivity index (χ3v) is 3.39. The topological polar surface area (TPSA) is 116 Å². The molecule has 1 atom stereocenters. The number of rotatable bonds is 4. The molecule has 0 aromatic heterocycles. The van der Waals surface area contributed by atoms with Crippen LogP contribution in [0.1, 0.15) is 26.3 Å². The van der Waals surface area contributed by atoms with Crippen molar-refractivity contribution in [2.75, 3.05) is 13.7 Å². The number of aryl methyl sites for hydroxylation is 1. The Morgan fingerprint density at radius 2 is 1.74 bits per heavy atom. The summed E-state index contributed by atoms with van der Waals surface area (Å²) in [6.45, 7) is 7.73. The summed E-state index contributed by atoms with van der Waals surface area (Å²) in [5.41, 5.74) is 6.12. The van der Waals surface area contributed by atoms with Gasteiger partial charge in [-0.15, -0.1) is 0 Å². The van der Waals surface area contributed by atoms with E-state index in [2.05, 4.69) is 4.74 Å². The maximum absolute atomic E-state index is 10.8. The van der Waals surface area contributed by atoms with Crippen LogP contribution in [0, 0.1) is 6.92 Å². The lowest BCUT2D eigenvalue weighted by molar-refractivity contribution is -0.145. The van der Waals surface area contributed by atoms with Crippen molar-refractivity contribution in [1.82, 2.24) is 0 Å². The molecule has 132 valence electrons. The van der Waals surface area contributed by atoms with Gasteiger partial charge in [0.2, 0.25) is 0 Å². The molecule has 0 bridgehead atoms. The van der Waals surface area contributed by atoms with Crippen molar-refractivity contribution in [2.24, 2.45) is 5.73 Å². The number of hydrogen-bond acceptors (Lipinski definition) is 6. The first-order valence-electron chi connectivity index (χ1n) is 6.88.